The predicted molar refractivity (Wildman–Crippen MR) is 97.9 cm³/mol. The Kier molecular flexibility index (Phi) is 4.84. The summed E-state index contributed by atoms with van der Waals surface area (Å²) in [5.74, 6) is 2.00. The second kappa shape index (κ2) is 6.90. The summed E-state index contributed by atoms with van der Waals surface area (Å²) in [4.78, 5) is 17.1. The Hall–Kier alpha value is -2.30. The summed E-state index contributed by atoms with van der Waals surface area (Å²) < 4.78 is 7.34. The molecule has 0 spiro atoms. The lowest BCUT2D eigenvalue weighted by molar-refractivity contribution is -0.121. The molecule has 1 amide bonds. The molecule has 134 valence electrons. The number of carbonyl (C=O) groups is 1. The lowest BCUT2D eigenvalue weighted by Gasteiger charge is -2.24. The first-order valence-corrected chi connectivity index (χ1v) is 8.84. The summed E-state index contributed by atoms with van der Waals surface area (Å²) in [6.45, 7) is 7.33. The second-order valence-corrected chi connectivity index (χ2v) is 7.77. The highest BCUT2D eigenvalue weighted by Crippen LogP contribution is 2.24. The smallest absolute Gasteiger partial charge is 0.224 e. The molecule has 5 nitrogen and oxygen atoms in total. The van der Waals surface area contributed by atoms with Crippen LogP contribution in [0.5, 0.6) is 5.75 Å². The van der Waals surface area contributed by atoms with E-state index in [4.69, 9.17) is 9.72 Å². The van der Waals surface area contributed by atoms with Crippen molar-refractivity contribution in [1.82, 2.24) is 14.9 Å². The third-order valence-corrected chi connectivity index (χ3v) is 4.65. The molecule has 0 aliphatic carbocycles. The van der Waals surface area contributed by atoms with Crippen molar-refractivity contribution >= 4 is 5.91 Å². The number of hydrogen-bond acceptors (Lipinski definition) is 3. The van der Waals surface area contributed by atoms with Gasteiger partial charge in [0.05, 0.1) is 19.2 Å². The second-order valence-electron chi connectivity index (χ2n) is 7.77. The summed E-state index contributed by atoms with van der Waals surface area (Å²) in [5, 5.41) is 3.17. The molecule has 2 heterocycles. The fourth-order valence-electron chi connectivity index (χ4n) is 3.13. The van der Waals surface area contributed by atoms with Crippen molar-refractivity contribution in [3.05, 3.63) is 47.5 Å². The molecule has 0 saturated carbocycles. The van der Waals surface area contributed by atoms with Crippen LogP contribution in [0.25, 0.3) is 0 Å². The summed E-state index contributed by atoms with van der Waals surface area (Å²) in [6, 6.07) is 7.80. The molecule has 1 atom stereocenters. The molecule has 2 aromatic rings. The maximum atomic E-state index is 12.3. The Labute approximate surface area is 149 Å². The van der Waals surface area contributed by atoms with Gasteiger partial charge in [-0.3, -0.25) is 4.79 Å². The first kappa shape index (κ1) is 17.5. The molecule has 0 unspecified atom stereocenters. The van der Waals surface area contributed by atoms with Crippen molar-refractivity contribution in [1.29, 1.82) is 0 Å². The van der Waals surface area contributed by atoms with Crippen molar-refractivity contribution in [2.24, 2.45) is 0 Å². The summed E-state index contributed by atoms with van der Waals surface area (Å²) in [6.07, 6.45) is 4.38. The van der Waals surface area contributed by atoms with Crippen LogP contribution in [0.4, 0.5) is 0 Å². The van der Waals surface area contributed by atoms with E-state index >= 15 is 0 Å². The molecule has 0 radical (unpaired) electrons. The minimum absolute atomic E-state index is 0.0530. The number of rotatable bonds is 4. The van der Waals surface area contributed by atoms with Gasteiger partial charge in [0.2, 0.25) is 5.91 Å². The zero-order valence-corrected chi connectivity index (χ0v) is 15.5. The highest BCUT2D eigenvalue weighted by Gasteiger charge is 2.25. The molecule has 25 heavy (non-hydrogen) atoms. The zero-order chi connectivity index (χ0) is 18.0. The van der Waals surface area contributed by atoms with Gasteiger partial charge in [0.1, 0.15) is 11.6 Å². The van der Waals surface area contributed by atoms with Crippen LogP contribution < -0.4 is 10.1 Å². The molecule has 1 N–H and O–H groups in total. The standard InChI is InChI=1S/C20H27N3O2/c1-20(2,3)17-13-23-12-15(7-10-18(23)22-17)21-19(24)11-14-5-8-16(25-4)9-6-14/h5-6,8-9,13,15H,7,10-12H2,1-4H3,(H,21,24)/t15-/m0/s1. The molecule has 1 aromatic carbocycles. The molecule has 1 aromatic heterocycles. The number of benzene rings is 1. The van der Waals surface area contributed by atoms with E-state index in [-0.39, 0.29) is 17.4 Å². The average Bonchev–Trinajstić information content (AvgIpc) is 2.99. The minimum Gasteiger partial charge on any atom is -0.497 e. The van der Waals surface area contributed by atoms with Crippen LogP contribution in [0, 0.1) is 0 Å². The number of amides is 1. The highest BCUT2D eigenvalue weighted by atomic mass is 16.5. The number of hydrogen-bond donors (Lipinski definition) is 1. The van der Waals surface area contributed by atoms with Crippen molar-refractivity contribution < 1.29 is 9.53 Å². The van der Waals surface area contributed by atoms with Crippen molar-refractivity contribution in [2.75, 3.05) is 7.11 Å². The zero-order valence-electron chi connectivity index (χ0n) is 15.5. The molecule has 5 heteroatoms. The van der Waals surface area contributed by atoms with Crippen LogP contribution in [0.3, 0.4) is 0 Å². The van der Waals surface area contributed by atoms with Crippen molar-refractivity contribution in [3.8, 4) is 5.75 Å². The van der Waals surface area contributed by atoms with Crippen molar-refractivity contribution in [3.63, 3.8) is 0 Å². The summed E-state index contributed by atoms with van der Waals surface area (Å²) in [7, 11) is 1.64. The topological polar surface area (TPSA) is 56.1 Å². The van der Waals surface area contributed by atoms with Gasteiger partial charge in [0.15, 0.2) is 0 Å². The number of carbonyl (C=O) groups excluding carboxylic acids is 1. The van der Waals surface area contributed by atoms with E-state index in [1.165, 1.54) is 0 Å². The predicted octanol–water partition coefficient (Wildman–Crippen LogP) is 2.86. The Balaban J connectivity index is 1.58. The van der Waals surface area contributed by atoms with Gasteiger partial charge in [0.25, 0.3) is 0 Å². The number of ether oxygens (including phenoxy) is 1. The van der Waals surface area contributed by atoms with E-state index < -0.39 is 0 Å². The van der Waals surface area contributed by atoms with E-state index in [0.29, 0.717) is 6.42 Å². The van der Waals surface area contributed by atoms with Crippen LogP contribution >= 0.6 is 0 Å². The van der Waals surface area contributed by atoms with Crippen LogP contribution in [0.1, 0.15) is 44.3 Å². The SMILES string of the molecule is COc1ccc(CC(=O)N[C@H]2CCc3nc(C(C)(C)C)cn3C2)cc1. The maximum absolute atomic E-state index is 12.3. The number of methoxy groups -OCH3 is 1. The van der Waals surface area contributed by atoms with Crippen LogP contribution in [0.15, 0.2) is 30.5 Å². The third kappa shape index (κ3) is 4.21. The van der Waals surface area contributed by atoms with Crippen LogP contribution in [-0.2, 0) is 29.6 Å². The molecule has 3 rings (SSSR count). The number of aromatic nitrogens is 2. The fourth-order valence-corrected chi connectivity index (χ4v) is 3.13. The fraction of sp³-hybridized carbons (Fsp3) is 0.500. The van der Waals surface area contributed by atoms with Crippen LogP contribution in [-0.4, -0.2) is 28.6 Å². The Morgan fingerprint density at radius 3 is 2.68 bits per heavy atom. The maximum Gasteiger partial charge on any atom is 0.224 e. The van der Waals surface area contributed by atoms with Gasteiger partial charge in [-0.1, -0.05) is 32.9 Å². The summed E-state index contributed by atoms with van der Waals surface area (Å²) >= 11 is 0. The Morgan fingerprint density at radius 2 is 2.04 bits per heavy atom. The monoisotopic (exact) mass is 341 g/mol. The van der Waals surface area contributed by atoms with Crippen LogP contribution in [0.2, 0.25) is 0 Å². The van der Waals surface area contributed by atoms with Gasteiger partial charge in [-0.2, -0.15) is 0 Å². The van der Waals surface area contributed by atoms with Gasteiger partial charge >= 0.3 is 0 Å². The third-order valence-electron chi connectivity index (χ3n) is 4.65. The average molecular weight is 341 g/mol. The number of imidazole rings is 1. The normalized spacial score (nSPS) is 17.0. The lowest BCUT2D eigenvalue weighted by atomic mass is 9.93. The molecule has 1 aliphatic heterocycles. The molecule has 1 aliphatic rings. The van der Waals surface area contributed by atoms with Gasteiger partial charge < -0.3 is 14.6 Å². The number of fused-ring (bicyclic) bond motifs is 1. The lowest BCUT2D eigenvalue weighted by Crippen LogP contribution is -2.41. The molecular weight excluding hydrogens is 314 g/mol. The summed E-state index contributed by atoms with van der Waals surface area (Å²) in [5.41, 5.74) is 2.16. The minimum atomic E-state index is 0.0530. The van der Waals surface area contributed by atoms with Gasteiger partial charge in [-0.05, 0) is 24.1 Å². The van der Waals surface area contributed by atoms with Crippen molar-refractivity contribution in [2.45, 2.75) is 58.0 Å². The Morgan fingerprint density at radius 1 is 1.32 bits per heavy atom. The quantitative estimate of drug-likeness (QED) is 0.930. The van der Waals surface area contributed by atoms with E-state index in [0.717, 1.165) is 42.2 Å². The largest absolute Gasteiger partial charge is 0.497 e. The number of nitrogens with one attached hydrogen (secondary N) is 1. The number of nitrogens with zero attached hydrogens (tertiary/aromatic N) is 2. The van der Waals surface area contributed by atoms with E-state index in [1.807, 2.05) is 24.3 Å². The molecule has 0 fully saturated rings. The van der Waals surface area contributed by atoms with E-state index in [2.05, 4.69) is 36.9 Å². The van der Waals surface area contributed by atoms with Gasteiger partial charge in [-0.15, -0.1) is 0 Å². The van der Waals surface area contributed by atoms with E-state index in [1.54, 1.807) is 7.11 Å². The number of aryl methyl sites for hydroxylation is 1. The van der Waals surface area contributed by atoms with E-state index in [9.17, 15) is 4.79 Å². The highest BCUT2D eigenvalue weighted by molar-refractivity contribution is 5.78. The first-order chi connectivity index (χ1) is 11.8. The molecular formula is C20H27N3O2. The Bertz CT molecular complexity index is 741. The first-order valence-electron chi connectivity index (χ1n) is 8.84. The molecule has 0 bridgehead atoms. The van der Waals surface area contributed by atoms with Gasteiger partial charge in [-0.25, -0.2) is 4.98 Å². The molecule has 0 saturated heterocycles. The van der Waals surface area contributed by atoms with Gasteiger partial charge in [0, 0.05) is 30.6 Å².